The van der Waals surface area contributed by atoms with Crippen LogP contribution in [0.15, 0.2) is 66.9 Å². The summed E-state index contributed by atoms with van der Waals surface area (Å²) in [5.74, 6) is 3.27. The maximum Gasteiger partial charge on any atom is 0.227 e. The Hall–Kier alpha value is -3.08. The van der Waals surface area contributed by atoms with Crippen LogP contribution in [-0.2, 0) is 13.0 Å². The summed E-state index contributed by atoms with van der Waals surface area (Å²) in [7, 11) is 1.70. The second kappa shape index (κ2) is 9.41. The van der Waals surface area contributed by atoms with Gasteiger partial charge in [0.05, 0.1) is 7.11 Å². The molecule has 0 atom stereocenters. The monoisotopic (exact) mass is 388 g/mol. The highest BCUT2D eigenvalue weighted by molar-refractivity contribution is 5.43. The topological polar surface area (TPSA) is 50.3 Å². The number of hydrogen-bond acceptors (Lipinski definition) is 5. The summed E-state index contributed by atoms with van der Waals surface area (Å²) in [4.78, 5) is 11.6. The molecule has 2 heterocycles. The first-order valence-corrected chi connectivity index (χ1v) is 10.3. The van der Waals surface area contributed by atoms with Gasteiger partial charge in [-0.15, -0.1) is 0 Å². The van der Waals surface area contributed by atoms with Gasteiger partial charge < -0.3 is 15.0 Å². The number of para-hydroxylation sites is 1. The van der Waals surface area contributed by atoms with E-state index in [1.807, 2.05) is 30.5 Å². The van der Waals surface area contributed by atoms with Crippen molar-refractivity contribution in [2.75, 3.05) is 30.4 Å². The molecule has 29 heavy (non-hydrogen) atoms. The largest absolute Gasteiger partial charge is 0.496 e. The van der Waals surface area contributed by atoms with Gasteiger partial charge in [0, 0.05) is 31.4 Å². The van der Waals surface area contributed by atoms with Crippen molar-refractivity contribution in [1.29, 1.82) is 0 Å². The van der Waals surface area contributed by atoms with Gasteiger partial charge in [0.2, 0.25) is 5.95 Å². The molecule has 1 aromatic heterocycles. The summed E-state index contributed by atoms with van der Waals surface area (Å²) in [6.07, 6.45) is 5.35. The lowest BCUT2D eigenvalue weighted by molar-refractivity contribution is 0.400. The van der Waals surface area contributed by atoms with Gasteiger partial charge in [-0.2, -0.15) is 4.98 Å². The van der Waals surface area contributed by atoms with E-state index in [4.69, 9.17) is 9.72 Å². The molecule has 3 aromatic rings. The summed E-state index contributed by atoms with van der Waals surface area (Å²) >= 11 is 0. The molecule has 1 fully saturated rings. The maximum atomic E-state index is 5.42. The molecule has 5 nitrogen and oxygen atoms in total. The molecule has 0 unspecified atom stereocenters. The van der Waals surface area contributed by atoms with Gasteiger partial charge in [-0.25, -0.2) is 4.98 Å². The molecule has 1 saturated heterocycles. The minimum Gasteiger partial charge on any atom is -0.496 e. The molecule has 0 saturated carbocycles. The zero-order valence-corrected chi connectivity index (χ0v) is 16.9. The number of methoxy groups -OCH3 is 1. The van der Waals surface area contributed by atoms with Crippen molar-refractivity contribution in [2.45, 2.75) is 25.8 Å². The highest BCUT2D eigenvalue weighted by Gasteiger charge is 2.21. The smallest absolute Gasteiger partial charge is 0.227 e. The fourth-order valence-electron chi connectivity index (χ4n) is 3.92. The number of nitrogens with one attached hydrogen (secondary N) is 1. The van der Waals surface area contributed by atoms with Gasteiger partial charge >= 0.3 is 0 Å². The van der Waals surface area contributed by atoms with Crippen molar-refractivity contribution in [3.8, 4) is 5.75 Å². The quantitative estimate of drug-likeness (QED) is 0.643. The Bertz CT molecular complexity index is 908. The van der Waals surface area contributed by atoms with Crippen LogP contribution in [0.25, 0.3) is 0 Å². The number of nitrogens with zero attached hydrogens (tertiary/aromatic N) is 3. The third-order valence-electron chi connectivity index (χ3n) is 5.56. The van der Waals surface area contributed by atoms with Gasteiger partial charge in [-0.1, -0.05) is 48.5 Å². The Morgan fingerprint density at radius 2 is 1.76 bits per heavy atom. The Morgan fingerprint density at radius 3 is 2.55 bits per heavy atom. The van der Waals surface area contributed by atoms with Crippen LogP contribution in [-0.4, -0.2) is 30.2 Å². The lowest BCUT2D eigenvalue weighted by atomic mass is 9.90. The Morgan fingerprint density at radius 1 is 1.00 bits per heavy atom. The van der Waals surface area contributed by atoms with E-state index in [2.05, 4.69) is 51.6 Å². The van der Waals surface area contributed by atoms with Crippen LogP contribution in [0.4, 0.5) is 11.8 Å². The minimum absolute atomic E-state index is 0.666. The van der Waals surface area contributed by atoms with E-state index < -0.39 is 0 Å². The van der Waals surface area contributed by atoms with Gasteiger partial charge in [-0.05, 0) is 42.9 Å². The summed E-state index contributed by atoms with van der Waals surface area (Å²) in [6, 6.07) is 20.7. The average molecular weight is 389 g/mol. The van der Waals surface area contributed by atoms with Crippen molar-refractivity contribution in [1.82, 2.24) is 9.97 Å². The third kappa shape index (κ3) is 5.05. The van der Waals surface area contributed by atoms with E-state index in [0.29, 0.717) is 6.54 Å². The maximum absolute atomic E-state index is 5.42. The van der Waals surface area contributed by atoms with E-state index in [0.717, 1.165) is 48.5 Å². The van der Waals surface area contributed by atoms with Gasteiger partial charge in [-0.3, -0.25) is 0 Å². The van der Waals surface area contributed by atoms with E-state index in [-0.39, 0.29) is 0 Å². The summed E-state index contributed by atoms with van der Waals surface area (Å²) in [5, 5.41) is 3.40. The first kappa shape index (κ1) is 19.2. The second-order valence-corrected chi connectivity index (χ2v) is 7.53. The van der Waals surface area contributed by atoms with Crippen LogP contribution in [0.2, 0.25) is 0 Å². The molecule has 1 aliphatic rings. The standard InChI is InChI=1S/C24H28N4O/c1-29-22-10-6-5-9-21(22)18-26-23-11-14-25-24(27-23)28-15-12-20(13-16-28)17-19-7-3-2-4-8-19/h2-11,14,20H,12-13,15-18H2,1H3,(H,25,26,27). The lowest BCUT2D eigenvalue weighted by Crippen LogP contribution is -2.35. The van der Waals surface area contributed by atoms with Gasteiger partial charge in [0.15, 0.2) is 0 Å². The number of hydrogen-bond donors (Lipinski definition) is 1. The van der Waals surface area contributed by atoms with E-state index >= 15 is 0 Å². The van der Waals surface area contributed by atoms with Crippen LogP contribution in [0.3, 0.4) is 0 Å². The number of ether oxygens (including phenoxy) is 1. The zero-order valence-electron chi connectivity index (χ0n) is 16.9. The molecule has 0 radical (unpaired) electrons. The normalized spacial score (nSPS) is 14.6. The molecule has 0 bridgehead atoms. The zero-order chi connectivity index (χ0) is 19.9. The first-order chi connectivity index (χ1) is 14.3. The fraction of sp³-hybridized carbons (Fsp3) is 0.333. The highest BCUT2D eigenvalue weighted by Crippen LogP contribution is 2.25. The summed E-state index contributed by atoms with van der Waals surface area (Å²) in [6.45, 7) is 2.68. The Kier molecular flexibility index (Phi) is 6.25. The van der Waals surface area contributed by atoms with E-state index in [1.54, 1.807) is 7.11 Å². The molecule has 1 N–H and O–H groups in total. The Labute approximate surface area is 172 Å². The molecule has 0 aliphatic carbocycles. The summed E-state index contributed by atoms with van der Waals surface area (Å²) < 4.78 is 5.42. The van der Waals surface area contributed by atoms with Crippen LogP contribution < -0.4 is 15.0 Å². The highest BCUT2D eigenvalue weighted by atomic mass is 16.5. The van der Waals surface area contributed by atoms with Crippen molar-refractivity contribution in [3.05, 3.63) is 78.0 Å². The van der Waals surface area contributed by atoms with Crippen LogP contribution >= 0.6 is 0 Å². The van der Waals surface area contributed by atoms with Crippen LogP contribution in [0, 0.1) is 5.92 Å². The lowest BCUT2D eigenvalue weighted by Gasteiger charge is -2.32. The summed E-state index contributed by atoms with van der Waals surface area (Å²) in [5.41, 5.74) is 2.54. The molecule has 0 spiro atoms. The first-order valence-electron chi connectivity index (χ1n) is 10.3. The number of benzene rings is 2. The van der Waals surface area contributed by atoms with Crippen molar-refractivity contribution >= 4 is 11.8 Å². The fourth-order valence-corrected chi connectivity index (χ4v) is 3.92. The van der Waals surface area contributed by atoms with Crippen LogP contribution in [0.1, 0.15) is 24.0 Å². The van der Waals surface area contributed by atoms with Gasteiger partial charge in [0.1, 0.15) is 11.6 Å². The minimum atomic E-state index is 0.666. The predicted molar refractivity (Wildman–Crippen MR) is 117 cm³/mol. The van der Waals surface area contributed by atoms with Crippen molar-refractivity contribution < 1.29 is 4.74 Å². The number of rotatable bonds is 7. The number of anilines is 2. The molecule has 1 aliphatic heterocycles. The van der Waals surface area contributed by atoms with E-state index in [9.17, 15) is 0 Å². The Balaban J connectivity index is 1.33. The molecule has 4 rings (SSSR count). The van der Waals surface area contributed by atoms with Crippen molar-refractivity contribution in [2.24, 2.45) is 5.92 Å². The molecular formula is C24H28N4O. The molecule has 150 valence electrons. The molecule has 2 aromatic carbocycles. The molecule has 5 heteroatoms. The SMILES string of the molecule is COc1ccccc1CNc1ccnc(N2CCC(Cc3ccccc3)CC2)n1. The van der Waals surface area contributed by atoms with Crippen LogP contribution in [0.5, 0.6) is 5.75 Å². The second-order valence-electron chi connectivity index (χ2n) is 7.53. The predicted octanol–water partition coefficient (Wildman–Crippen LogP) is 4.56. The van der Waals surface area contributed by atoms with Crippen molar-refractivity contribution in [3.63, 3.8) is 0 Å². The number of aromatic nitrogens is 2. The van der Waals surface area contributed by atoms with Gasteiger partial charge in [0.25, 0.3) is 0 Å². The molecular weight excluding hydrogens is 360 g/mol. The van der Waals surface area contributed by atoms with E-state index in [1.165, 1.54) is 18.4 Å². The number of piperidine rings is 1. The average Bonchev–Trinajstić information content (AvgIpc) is 2.79. The third-order valence-corrected chi connectivity index (χ3v) is 5.56. The molecule has 0 amide bonds.